The molecule has 0 atom stereocenters. The summed E-state index contributed by atoms with van der Waals surface area (Å²) >= 11 is 0. The molecular weight excluding hydrogens is 192 g/mol. The van der Waals surface area contributed by atoms with Crippen LogP contribution in [0.15, 0.2) is 12.3 Å². The Bertz CT molecular complexity index is 362. The molecule has 0 spiro atoms. The number of rotatable bonds is 3. The average Bonchev–Trinajstić information content (AvgIpc) is 2.16. The van der Waals surface area contributed by atoms with E-state index in [0.717, 1.165) is 11.4 Å². The van der Waals surface area contributed by atoms with Crippen molar-refractivity contribution in [2.45, 2.75) is 26.8 Å². The predicted octanol–water partition coefficient (Wildman–Crippen LogP) is 2.00. The zero-order valence-corrected chi connectivity index (χ0v) is 9.50. The number of methoxy groups -OCH3 is 1. The van der Waals surface area contributed by atoms with Gasteiger partial charge in [0.1, 0.15) is 5.82 Å². The van der Waals surface area contributed by atoms with Crippen molar-refractivity contribution in [1.29, 1.82) is 0 Å². The maximum atomic E-state index is 11.3. The summed E-state index contributed by atoms with van der Waals surface area (Å²) < 4.78 is 4.64. The van der Waals surface area contributed by atoms with Crippen molar-refractivity contribution in [2.75, 3.05) is 12.4 Å². The monoisotopic (exact) mass is 208 g/mol. The lowest BCUT2D eigenvalue weighted by atomic mass is 10.1. The Kier molecular flexibility index (Phi) is 3.66. The van der Waals surface area contributed by atoms with E-state index in [2.05, 4.69) is 15.0 Å². The van der Waals surface area contributed by atoms with Crippen LogP contribution in [0.25, 0.3) is 0 Å². The second-order valence-corrected chi connectivity index (χ2v) is 3.68. The Morgan fingerprint density at radius 3 is 2.67 bits per heavy atom. The van der Waals surface area contributed by atoms with Gasteiger partial charge in [0.25, 0.3) is 0 Å². The van der Waals surface area contributed by atoms with E-state index in [1.54, 1.807) is 0 Å². The molecule has 15 heavy (non-hydrogen) atoms. The number of hydrogen-bond acceptors (Lipinski definition) is 4. The van der Waals surface area contributed by atoms with Gasteiger partial charge in [-0.15, -0.1) is 0 Å². The molecule has 0 radical (unpaired) electrons. The van der Waals surface area contributed by atoms with Crippen molar-refractivity contribution in [3.63, 3.8) is 0 Å². The Morgan fingerprint density at radius 1 is 1.53 bits per heavy atom. The minimum absolute atomic E-state index is 0.320. The molecular formula is C11H16N2O2. The van der Waals surface area contributed by atoms with Crippen LogP contribution < -0.4 is 5.32 Å². The second-order valence-electron chi connectivity index (χ2n) is 3.68. The van der Waals surface area contributed by atoms with Crippen LogP contribution in [0.2, 0.25) is 0 Å². The summed E-state index contributed by atoms with van der Waals surface area (Å²) in [6.45, 7) is 5.93. The Labute approximate surface area is 89.7 Å². The summed E-state index contributed by atoms with van der Waals surface area (Å²) in [5.41, 5.74) is 1.37. The molecule has 1 aromatic heterocycles. The summed E-state index contributed by atoms with van der Waals surface area (Å²) in [4.78, 5) is 15.4. The number of aryl methyl sites for hydroxylation is 1. The SMILES string of the molecule is COC(=O)c1cnc(NC(C)C)cc1C. The van der Waals surface area contributed by atoms with E-state index in [-0.39, 0.29) is 5.97 Å². The molecule has 0 aliphatic heterocycles. The fourth-order valence-corrected chi connectivity index (χ4v) is 1.25. The highest BCUT2D eigenvalue weighted by atomic mass is 16.5. The van der Waals surface area contributed by atoms with E-state index < -0.39 is 0 Å². The first-order valence-electron chi connectivity index (χ1n) is 4.86. The molecule has 1 heterocycles. The van der Waals surface area contributed by atoms with Crippen LogP contribution >= 0.6 is 0 Å². The maximum Gasteiger partial charge on any atom is 0.339 e. The van der Waals surface area contributed by atoms with Crippen LogP contribution in [0.5, 0.6) is 0 Å². The number of nitrogens with zero attached hydrogens (tertiary/aromatic N) is 1. The van der Waals surface area contributed by atoms with Crippen molar-refractivity contribution in [1.82, 2.24) is 4.98 Å². The molecule has 0 saturated heterocycles. The van der Waals surface area contributed by atoms with Crippen LogP contribution in [0.1, 0.15) is 29.8 Å². The standard InChI is InChI=1S/C11H16N2O2/c1-7(2)13-10-5-8(3)9(6-12-10)11(14)15-4/h5-7H,1-4H3,(H,12,13). The van der Waals surface area contributed by atoms with Crippen LogP contribution in [-0.4, -0.2) is 24.1 Å². The normalized spacial score (nSPS) is 10.2. The van der Waals surface area contributed by atoms with E-state index in [0.29, 0.717) is 11.6 Å². The molecule has 0 aromatic carbocycles. The minimum Gasteiger partial charge on any atom is -0.465 e. The first-order valence-corrected chi connectivity index (χ1v) is 4.86. The van der Waals surface area contributed by atoms with Gasteiger partial charge in [-0.1, -0.05) is 0 Å². The number of hydrogen-bond donors (Lipinski definition) is 1. The highest BCUT2D eigenvalue weighted by molar-refractivity contribution is 5.90. The molecule has 0 bridgehead atoms. The lowest BCUT2D eigenvalue weighted by molar-refractivity contribution is 0.0599. The van der Waals surface area contributed by atoms with Crippen LogP contribution in [0.3, 0.4) is 0 Å². The van der Waals surface area contributed by atoms with E-state index in [9.17, 15) is 4.79 Å². The van der Waals surface area contributed by atoms with Gasteiger partial charge in [-0.05, 0) is 32.4 Å². The van der Waals surface area contributed by atoms with E-state index in [1.165, 1.54) is 13.3 Å². The molecule has 0 aliphatic rings. The van der Waals surface area contributed by atoms with Gasteiger partial charge in [0.05, 0.1) is 12.7 Å². The summed E-state index contributed by atoms with van der Waals surface area (Å²) in [6.07, 6.45) is 1.53. The number of aromatic nitrogens is 1. The summed E-state index contributed by atoms with van der Waals surface area (Å²) in [5.74, 6) is 0.422. The fourth-order valence-electron chi connectivity index (χ4n) is 1.25. The van der Waals surface area contributed by atoms with Gasteiger partial charge >= 0.3 is 5.97 Å². The predicted molar refractivity (Wildman–Crippen MR) is 59.1 cm³/mol. The third-order valence-corrected chi connectivity index (χ3v) is 1.95. The number of pyridine rings is 1. The van der Waals surface area contributed by atoms with Gasteiger partial charge in [0.2, 0.25) is 0 Å². The van der Waals surface area contributed by atoms with Crippen molar-refractivity contribution in [3.05, 3.63) is 23.4 Å². The van der Waals surface area contributed by atoms with E-state index >= 15 is 0 Å². The third-order valence-electron chi connectivity index (χ3n) is 1.95. The highest BCUT2D eigenvalue weighted by Crippen LogP contribution is 2.13. The van der Waals surface area contributed by atoms with E-state index in [1.807, 2.05) is 26.8 Å². The molecule has 0 unspecified atom stereocenters. The molecule has 0 amide bonds. The zero-order chi connectivity index (χ0) is 11.4. The Hall–Kier alpha value is -1.58. The Morgan fingerprint density at radius 2 is 2.20 bits per heavy atom. The minimum atomic E-state index is -0.351. The lowest BCUT2D eigenvalue weighted by Gasteiger charge is -2.10. The second kappa shape index (κ2) is 4.77. The number of carbonyl (C=O) groups is 1. The van der Waals surface area contributed by atoms with Crippen molar-refractivity contribution in [3.8, 4) is 0 Å². The van der Waals surface area contributed by atoms with Crippen LogP contribution in [-0.2, 0) is 4.74 Å². The van der Waals surface area contributed by atoms with Crippen LogP contribution in [0, 0.1) is 6.92 Å². The number of carbonyl (C=O) groups excluding carboxylic acids is 1. The molecule has 0 fully saturated rings. The molecule has 82 valence electrons. The van der Waals surface area contributed by atoms with Gasteiger partial charge < -0.3 is 10.1 Å². The molecule has 0 aliphatic carbocycles. The topological polar surface area (TPSA) is 51.2 Å². The molecule has 1 N–H and O–H groups in total. The van der Waals surface area contributed by atoms with Crippen LogP contribution in [0.4, 0.5) is 5.82 Å². The summed E-state index contributed by atoms with van der Waals surface area (Å²) in [6, 6.07) is 2.16. The fraction of sp³-hybridized carbons (Fsp3) is 0.455. The maximum absolute atomic E-state index is 11.3. The molecule has 4 nitrogen and oxygen atoms in total. The average molecular weight is 208 g/mol. The number of nitrogens with one attached hydrogen (secondary N) is 1. The largest absolute Gasteiger partial charge is 0.465 e. The van der Waals surface area contributed by atoms with Crippen molar-refractivity contribution in [2.24, 2.45) is 0 Å². The quantitative estimate of drug-likeness (QED) is 0.772. The first-order chi connectivity index (χ1) is 7.04. The third kappa shape index (κ3) is 2.94. The van der Waals surface area contributed by atoms with E-state index in [4.69, 9.17) is 0 Å². The molecule has 0 saturated carbocycles. The smallest absolute Gasteiger partial charge is 0.339 e. The number of esters is 1. The molecule has 4 heteroatoms. The van der Waals surface area contributed by atoms with Crippen molar-refractivity contribution >= 4 is 11.8 Å². The van der Waals surface area contributed by atoms with Gasteiger partial charge in [-0.25, -0.2) is 9.78 Å². The number of anilines is 1. The van der Waals surface area contributed by atoms with Gasteiger partial charge in [-0.2, -0.15) is 0 Å². The molecule has 1 rings (SSSR count). The van der Waals surface area contributed by atoms with Crippen molar-refractivity contribution < 1.29 is 9.53 Å². The zero-order valence-electron chi connectivity index (χ0n) is 9.50. The number of ether oxygens (including phenoxy) is 1. The van der Waals surface area contributed by atoms with Gasteiger partial charge in [0, 0.05) is 12.2 Å². The highest BCUT2D eigenvalue weighted by Gasteiger charge is 2.10. The lowest BCUT2D eigenvalue weighted by Crippen LogP contribution is -2.12. The molecule has 1 aromatic rings. The summed E-state index contributed by atoms with van der Waals surface area (Å²) in [7, 11) is 1.36. The Balaban J connectivity index is 2.93. The first kappa shape index (κ1) is 11.5. The summed E-state index contributed by atoms with van der Waals surface area (Å²) in [5, 5.41) is 3.17. The van der Waals surface area contributed by atoms with Gasteiger partial charge in [-0.3, -0.25) is 0 Å². The van der Waals surface area contributed by atoms with Gasteiger partial charge in [0.15, 0.2) is 0 Å².